The van der Waals surface area contributed by atoms with Gasteiger partial charge in [-0.05, 0) is 6.42 Å². The van der Waals surface area contributed by atoms with E-state index in [0.717, 1.165) is 7.11 Å². The quantitative estimate of drug-likeness (QED) is 0.463. The van der Waals surface area contributed by atoms with Crippen LogP contribution >= 0.6 is 7.82 Å². The minimum Gasteiger partial charge on any atom is -0.390 e. The Balaban J connectivity index is 2.35. The summed E-state index contributed by atoms with van der Waals surface area (Å²) in [4.78, 5) is 8.91. The van der Waals surface area contributed by atoms with Crippen LogP contribution in [0.5, 0.6) is 0 Å². The molecule has 0 spiro atoms. The molecular weight excluding hydrogens is 210 g/mol. The molecule has 1 aliphatic heterocycles. The number of hydrogen-bond donors (Lipinski definition) is 2. The molecule has 8 heteroatoms. The molecule has 4 atom stereocenters. The highest BCUT2D eigenvalue weighted by molar-refractivity contribution is 7.47. The van der Waals surface area contributed by atoms with Crippen molar-refractivity contribution < 1.29 is 28.3 Å². The predicted octanol–water partition coefficient (Wildman–Crippen LogP) is -1.14. The van der Waals surface area contributed by atoms with Crippen molar-refractivity contribution in [3.8, 4) is 0 Å². The van der Waals surface area contributed by atoms with Gasteiger partial charge in [0.25, 0.3) is 0 Å². The Morgan fingerprint density at radius 3 is 2.79 bits per heavy atom. The first kappa shape index (κ1) is 12.2. The van der Waals surface area contributed by atoms with Crippen LogP contribution in [0, 0.1) is 0 Å². The van der Waals surface area contributed by atoms with E-state index >= 15 is 0 Å². The summed E-state index contributed by atoms with van der Waals surface area (Å²) in [5.74, 6) is 0. The molecule has 0 saturated carbocycles. The van der Waals surface area contributed by atoms with Gasteiger partial charge in [-0.2, -0.15) is 0 Å². The van der Waals surface area contributed by atoms with Crippen LogP contribution in [0.2, 0.25) is 0 Å². The Morgan fingerprint density at radius 2 is 2.36 bits per heavy atom. The van der Waals surface area contributed by atoms with Crippen molar-refractivity contribution in [3.63, 3.8) is 0 Å². The molecule has 1 fully saturated rings. The molecule has 6 nitrogen and oxygen atoms in total. The first-order chi connectivity index (χ1) is 6.44. The van der Waals surface area contributed by atoms with E-state index in [-0.39, 0.29) is 12.6 Å². The maximum absolute atomic E-state index is 10.9. The first-order valence-electron chi connectivity index (χ1n) is 4.31. The summed E-state index contributed by atoms with van der Waals surface area (Å²) in [5, 5.41) is 9.41. The topological polar surface area (TPSA) is 85.2 Å². The summed E-state index contributed by atoms with van der Waals surface area (Å²) in [6.07, 6.45) is -0.695. The fourth-order valence-electron chi connectivity index (χ4n) is 1.31. The van der Waals surface area contributed by atoms with E-state index in [0.29, 0.717) is 6.42 Å². The van der Waals surface area contributed by atoms with Gasteiger partial charge in [-0.3, -0.25) is 9.05 Å². The van der Waals surface area contributed by atoms with Crippen molar-refractivity contribution in [2.75, 3.05) is 13.7 Å². The Kier molecular flexibility index (Phi) is 4.12. The molecule has 0 amide bonds. The first-order valence-corrected chi connectivity index (χ1v) is 5.81. The lowest BCUT2D eigenvalue weighted by Crippen LogP contribution is -2.26. The molecule has 14 heavy (non-hydrogen) atoms. The molecule has 1 aliphatic rings. The second-order valence-electron chi connectivity index (χ2n) is 3.24. The van der Waals surface area contributed by atoms with Crippen LogP contribution in [0.15, 0.2) is 0 Å². The second-order valence-corrected chi connectivity index (χ2v) is 4.80. The summed E-state index contributed by atoms with van der Waals surface area (Å²) in [7, 11) is -1.07. The maximum Gasteiger partial charge on any atom is 0.472 e. The van der Waals surface area contributed by atoms with Gasteiger partial charge in [-0.15, -0.1) is 0 Å². The van der Waals surface area contributed by atoms with Crippen LogP contribution in [-0.2, 0) is 18.3 Å². The van der Waals surface area contributed by atoms with Crippen molar-refractivity contribution in [2.24, 2.45) is 0 Å². The lowest BCUT2D eigenvalue weighted by atomic mass is 9.96. The molecule has 82 valence electrons. The number of rotatable bonds is 4. The molecule has 2 N–H and O–H groups in total. The number of aliphatic hydroxyl groups is 1. The maximum atomic E-state index is 10.9. The van der Waals surface area contributed by atoms with Crippen LogP contribution in [0.1, 0.15) is 6.42 Å². The fraction of sp³-hybridized carbons (Fsp3) is 1.00. The molecule has 0 bridgehead atoms. The van der Waals surface area contributed by atoms with Gasteiger partial charge in [0, 0.05) is 13.1 Å². The van der Waals surface area contributed by atoms with Crippen LogP contribution < -0.4 is 0 Å². The lowest BCUT2D eigenvalue weighted by Gasteiger charge is -2.16. The average Bonchev–Trinajstić information content (AvgIpc) is 2.42. The van der Waals surface area contributed by atoms with E-state index in [9.17, 15) is 9.67 Å². The van der Waals surface area contributed by atoms with E-state index in [2.05, 4.69) is 9.05 Å². The van der Waals surface area contributed by atoms with Crippen LogP contribution in [0.3, 0.4) is 0 Å². The van der Waals surface area contributed by atoms with Gasteiger partial charge >= 0.3 is 7.82 Å². The molecule has 0 aromatic rings. The van der Waals surface area contributed by atoms with E-state index in [4.69, 9.17) is 9.63 Å². The lowest BCUT2D eigenvalue weighted by molar-refractivity contribution is -0.00557. The van der Waals surface area contributed by atoms with Crippen molar-refractivity contribution >= 4 is 15.7 Å². The highest BCUT2D eigenvalue weighted by Crippen LogP contribution is 2.42. The number of phosphoric ester groups is 1. The highest BCUT2D eigenvalue weighted by atomic mass is 31.2. The van der Waals surface area contributed by atoms with E-state index in [1.807, 2.05) is 7.85 Å². The molecule has 1 rings (SSSR count). The molecule has 0 aromatic carbocycles. The Morgan fingerprint density at radius 1 is 1.71 bits per heavy atom. The van der Waals surface area contributed by atoms with Crippen LogP contribution in [-0.4, -0.2) is 49.8 Å². The minimum atomic E-state index is -3.96. The minimum absolute atomic E-state index is 0.0563. The van der Waals surface area contributed by atoms with Gasteiger partial charge in [-0.25, -0.2) is 4.57 Å². The molecule has 1 unspecified atom stereocenters. The van der Waals surface area contributed by atoms with Crippen molar-refractivity contribution in [3.05, 3.63) is 0 Å². The average molecular weight is 224 g/mol. The SMILES string of the molecule is B[C@H]1C[C@H](O)[C@@H](COP(=O)(O)OC)O1. The summed E-state index contributed by atoms with van der Waals surface area (Å²) in [6, 6.07) is -0.0563. The molecule has 0 aromatic heterocycles. The van der Waals surface area contributed by atoms with Gasteiger partial charge in [0.05, 0.1) is 12.7 Å². The Labute approximate surface area is 83.2 Å². The molecule has 0 aliphatic carbocycles. The summed E-state index contributed by atoms with van der Waals surface area (Å²) < 4.78 is 24.9. The van der Waals surface area contributed by atoms with Crippen molar-refractivity contribution in [1.82, 2.24) is 0 Å². The summed E-state index contributed by atoms with van der Waals surface area (Å²) in [5.41, 5.74) is 0. The monoisotopic (exact) mass is 224 g/mol. The van der Waals surface area contributed by atoms with Crippen LogP contribution in [0.25, 0.3) is 0 Å². The van der Waals surface area contributed by atoms with Crippen molar-refractivity contribution in [1.29, 1.82) is 0 Å². The Bertz CT molecular complexity index is 236. The van der Waals surface area contributed by atoms with Gasteiger partial charge < -0.3 is 14.7 Å². The van der Waals surface area contributed by atoms with Crippen LogP contribution in [0.4, 0.5) is 0 Å². The van der Waals surface area contributed by atoms with Gasteiger partial charge in [-0.1, -0.05) is 0 Å². The van der Waals surface area contributed by atoms with Gasteiger partial charge in [0.15, 0.2) is 0 Å². The zero-order chi connectivity index (χ0) is 10.8. The largest absolute Gasteiger partial charge is 0.472 e. The van der Waals surface area contributed by atoms with E-state index in [1.165, 1.54) is 0 Å². The molecule has 1 heterocycles. The number of phosphoric acid groups is 1. The number of hydrogen-bond acceptors (Lipinski definition) is 5. The Hall–Kier alpha value is 0.0949. The number of aliphatic hydroxyl groups excluding tert-OH is 1. The predicted molar refractivity (Wildman–Crippen MR) is 50.6 cm³/mol. The standard InChI is InChI=1S/C6H14BO6P/c1-11-14(9,10)12-3-5-4(8)2-6(7)13-5/h4-6,8H,2-3,7H2,1H3,(H,9,10)/t4-,5+,6+/m0/s1. The van der Waals surface area contributed by atoms with Gasteiger partial charge in [0.1, 0.15) is 14.0 Å². The smallest absolute Gasteiger partial charge is 0.390 e. The highest BCUT2D eigenvalue weighted by Gasteiger charge is 2.33. The third-order valence-corrected chi connectivity index (χ3v) is 2.98. The van der Waals surface area contributed by atoms with Crippen molar-refractivity contribution in [2.45, 2.75) is 24.6 Å². The zero-order valence-electron chi connectivity index (χ0n) is 8.12. The number of ether oxygens (including phenoxy) is 1. The summed E-state index contributed by atoms with van der Waals surface area (Å²) in [6.45, 7) is -0.146. The van der Waals surface area contributed by atoms with Gasteiger partial charge in [0.2, 0.25) is 0 Å². The third kappa shape index (κ3) is 3.35. The fourth-order valence-corrected chi connectivity index (χ4v) is 1.75. The van der Waals surface area contributed by atoms with E-state index in [1.54, 1.807) is 0 Å². The van der Waals surface area contributed by atoms with E-state index < -0.39 is 20.0 Å². The zero-order valence-corrected chi connectivity index (χ0v) is 9.02. The normalized spacial score (nSPS) is 36.9. The second kappa shape index (κ2) is 4.74. The summed E-state index contributed by atoms with van der Waals surface area (Å²) >= 11 is 0. The third-order valence-electron chi connectivity index (χ3n) is 2.04. The molecule has 1 saturated heterocycles. The molecular formula is C6H14BO6P. The molecule has 0 radical (unpaired) electrons.